The molecule has 0 aliphatic heterocycles. The molecule has 1 N–H and O–H groups in total. The van der Waals surface area contributed by atoms with Crippen LogP contribution >= 0.6 is 22.7 Å². The van der Waals surface area contributed by atoms with Crippen molar-refractivity contribution in [1.29, 1.82) is 0 Å². The second kappa shape index (κ2) is 5.08. The zero-order valence-corrected chi connectivity index (χ0v) is 11.4. The molecule has 2 unspecified atom stereocenters. The van der Waals surface area contributed by atoms with Crippen molar-refractivity contribution >= 4 is 22.7 Å². The topological polar surface area (TPSA) is 24.9 Å². The first kappa shape index (κ1) is 11.8. The van der Waals surface area contributed by atoms with E-state index in [9.17, 15) is 0 Å². The third kappa shape index (κ3) is 2.70. The summed E-state index contributed by atoms with van der Waals surface area (Å²) in [4.78, 5) is 4.50. The first-order chi connectivity index (χ1) is 7.66. The number of aryl methyl sites for hydroxylation is 1. The van der Waals surface area contributed by atoms with E-state index in [-0.39, 0.29) is 0 Å². The molecule has 0 bridgehead atoms. The molecule has 2 atom stereocenters. The van der Waals surface area contributed by atoms with Gasteiger partial charge in [-0.2, -0.15) is 11.3 Å². The third-order valence-corrected chi connectivity index (χ3v) is 4.40. The van der Waals surface area contributed by atoms with Crippen LogP contribution in [0.1, 0.15) is 42.2 Å². The molecule has 0 aliphatic rings. The second-order valence-electron chi connectivity index (χ2n) is 3.99. The SMILES string of the molecule is Cc1csc(C(C)NC(C)c2ccsc2)n1. The number of rotatable bonds is 4. The Morgan fingerprint density at radius 1 is 1.25 bits per heavy atom. The van der Waals surface area contributed by atoms with E-state index in [1.54, 1.807) is 22.7 Å². The smallest absolute Gasteiger partial charge is 0.110 e. The first-order valence-corrected chi connectivity index (χ1v) is 7.19. The molecule has 2 nitrogen and oxygen atoms in total. The molecular formula is C12H16N2S2. The van der Waals surface area contributed by atoms with E-state index in [0.29, 0.717) is 12.1 Å². The van der Waals surface area contributed by atoms with Gasteiger partial charge in [0.25, 0.3) is 0 Å². The molecule has 2 rings (SSSR count). The quantitative estimate of drug-likeness (QED) is 0.892. The Kier molecular flexibility index (Phi) is 3.74. The van der Waals surface area contributed by atoms with Crippen LogP contribution in [0.25, 0.3) is 0 Å². The van der Waals surface area contributed by atoms with Crippen LogP contribution in [0.5, 0.6) is 0 Å². The maximum absolute atomic E-state index is 4.50. The van der Waals surface area contributed by atoms with Crippen LogP contribution < -0.4 is 5.32 Å². The van der Waals surface area contributed by atoms with Crippen molar-refractivity contribution in [1.82, 2.24) is 10.3 Å². The highest BCUT2D eigenvalue weighted by Crippen LogP contribution is 2.22. The summed E-state index contributed by atoms with van der Waals surface area (Å²) >= 11 is 3.47. The average Bonchev–Trinajstić information content (AvgIpc) is 2.87. The van der Waals surface area contributed by atoms with E-state index in [1.807, 2.05) is 6.92 Å². The lowest BCUT2D eigenvalue weighted by Crippen LogP contribution is -2.22. The summed E-state index contributed by atoms with van der Waals surface area (Å²) < 4.78 is 0. The van der Waals surface area contributed by atoms with E-state index in [1.165, 1.54) is 10.6 Å². The zero-order chi connectivity index (χ0) is 11.5. The van der Waals surface area contributed by atoms with Crippen LogP contribution in [0, 0.1) is 6.92 Å². The van der Waals surface area contributed by atoms with E-state index >= 15 is 0 Å². The van der Waals surface area contributed by atoms with E-state index in [2.05, 4.69) is 46.4 Å². The fraction of sp³-hybridized carbons (Fsp3) is 0.417. The molecule has 0 saturated carbocycles. The average molecular weight is 252 g/mol. The van der Waals surface area contributed by atoms with Crippen molar-refractivity contribution < 1.29 is 0 Å². The number of nitrogens with one attached hydrogen (secondary N) is 1. The summed E-state index contributed by atoms with van der Waals surface area (Å²) in [5.74, 6) is 0. The van der Waals surface area contributed by atoms with Crippen LogP contribution in [-0.4, -0.2) is 4.98 Å². The molecule has 4 heteroatoms. The van der Waals surface area contributed by atoms with Crippen molar-refractivity contribution in [2.75, 3.05) is 0 Å². The van der Waals surface area contributed by atoms with E-state index in [0.717, 1.165) is 5.69 Å². The lowest BCUT2D eigenvalue weighted by molar-refractivity contribution is 0.493. The molecular weight excluding hydrogens is 236 g/mol. The van der Waals surface area contributed by atoms with Gasteiger partial charge in [0.15, 0.2) is 0 Å². The van der Waals surface area contributed by atoms with Crippen molar-refractivity contribution in [3.05, 3.63) is 38.5 Å². The van der Waals surface area contributed by atoms with Gasteiger partial charge >= 0.3 is 0 Å². The second-order valence-corrected chi connectivity index (χ2v) is 5.66. The van der Waals surface area contributed by atoms with Crippen molar-refractivity contribution in [3.63, 3.8) is 0 Å². The van der Waals surface area contributed by atoms with Gasteiger partial charge < -0.3 is 5.32 Å². The Balaban J connectivity index is 2.00. The Hall–Kier alpha value is -0.710. The predicted molar refractivity (Wildman–Crippen MR) is 71.1 cm³/mol. The summed E-state index contributed by atoms with van der Waals surface area (Å²) in [6.45, 7) is 6.40. The first-order valence-electron chi connectivity index (χ1n) is 5.37. The molecule has 0 aliphatic carbocycles. The Morgan fingerprint density at radius 3 is 2.62 bits per heavy atom. The van der Waals surface area contributed by atoms with Gasteiger partial charge in [0.2, 0.25) is 0 Å². The molecule has 86 valence electrons. The van der Waals surface area contributed by atoms with Gasteiger partial charge in [0, 0.05) is 17.1 Å². The van der Waals surface area contributed by atoms with Gasteiger partial charge in [-0.25, -0.2) is 4.98 Å². The number of thiazole rings is 1. The van der Waals surface area contributed by atoms with Crippen molar-refractivity contribution in [2.45, 2.75) is 32.9 Å². The van der Waals surface area contributed by atoms with Gasteiger partial charge in [-0.1, -0.05) is 0 Å². The fourth-order valence-corrected chi connectivity index (χ4v) is 3.20. The number of hydrogen-bond donors (Lipinski definition) is 1. The lowest BCUT2D eigenvalue weighted by atomic mass is 10.1. The highest BCUT2D eigenvalue weighted by atomic mass is 32.1. The molecule has 0 saturated heterocycles. The Labute approximate surface area is 104 Å². The van der Waals surface area contributed by atoms with Gasteiger partial charge in [0.05, 0.1) is 6.04 Å². The molecule has 0 amide bonds. The normalized spacial score (nSPS) is 14.9. The maximum Gasteiger partial charge on any atom is 0.110 e. The van der Waals surface area contributed by atoms with Crippen molar-refractivity contribution in [3.8, 4) is 0 Å². The van der Waals surface area contributed by atoms with Gasteiger partial charge in [-0.3, -0.25) is 0 Å². The van der Waals surface area contributed by atoms with Crippen LogP contribution in [0.2, 0.25) is 0 Å². The van der Waals surface area contributed by atoms with Crippen LogP contribution in [0.3, 0.4) is 0 Å². The lowest BCUT2D eigenvalue weighted by Gasteiger charge is -2.17. The fourth-order valence-electron chi connectivity index (χ4n) is 1.63. The molecule has 0 aromatic carbocycles. The molecule has 0 radical (unpaired) electrons. The molecule has 2 aromatic rings. The minimum atomic E-state index is 0.314. The summed E-state index contributed by atoms with van der Waals surface area (Å²) in [6, 6.07) is 2.86. The molecule has 0 fully saturated rings. The van der Waals surface area contributed by atoms with Crippen LogP contribution in [-0.2, 0) is 0 Å². The highest BCUT2D eigenvalue weighted by molar-refractivity contribution is 7.09. The summed E-state index contributed by atoms with van der Waals surface area (Å²) in [6.07, 6.45) is 0. The minimum absolute atomic E-state index is 0.314. The minimum Gasteiger partial charge on any atom is -0.301 e. The van der Waals surface area contributed by atoms with E-state index in [4.69, 9.17) is 0 Å². The van der Waals surface area contributed by atoms with Gasteiger partial charge in [-0.05, 0) is 43.2 Å². The Bertz CT molecular complexity index is 434. The summed E-state index contributed by atoms with van der Waals surface area (Å²) in [7, 11) is 0. The van der Waals surface area contributed by atoms with E-state index < -0.39 is 0 Å². The predicted octanol–water partition coefficient (Wildman–Crippen LogP) is 3.92. The molecule has 2 aromatic heterocycles. The maximum atomic E-state index is 4.50. The standard InChI is InChI=1S/C12H16N2S2/c1-8-6-16-12(13-8)10(3)14-9(2)11-4-5-15-7-11/h4-7,9-10,14H,1-3H3. The molecule has 0 spiro atoms. The Morgan fingerprint density at radius 2 is 2.06 bits per heavy atom. The summed E-state index contributed by atoms with van der Waals surface area (Å²) in [5, 5.41) is 11.1. The highest BCUT2D eigenvalue weighted by Gasteiger charge is 2.13. The van der Waals surface area contributed by atoms with Crippen LogP contribution in [0.4, 0.5) is 0 Å². The van der Waals surface area contributed by atoms with Crippen molar-refractivity contribution in [2.24, 2.45) is 0 Å². The van der Waals surface area contributed by atoms with Gasteiger partial charge in [0.1, 0.15) is 5.01 Å². The molecule has 16 heavy (non-hydrogen) atoms. The third-order valence-electron chi connectivity index (χ3n) is 2.55. The van der Waals surface area contributed by atoms with Crippen LogP contribution in [0.15, 0.2) is 22.2 Å². The number of hydrogen-bond acceptors (Lipinski definition) is 4. The number of nitrogens with zero attached hydrogens (tertiary/aromatic N) is 1. The summed E-state index contributed by atoms with van der Waals surface area (Å²) in [5.41, 5.74) is 2.46. The van der Waals surface area contributed by atoms with Gasteiger partial charge in [-0.15, -0.1) is 11.3 Å². The molecule has 2 heterocycles. The number of thiophene rings is 1. The zero-order valence-electron chi connectivity index (χ0n) is 9.73. The monoisotopic (exact) mass is 252 g/mol. The largest absolute Gasteiger partial charge is 0.301 e. The number of aromatic nitrogens is 1.